The summed E-state index contributed by atoms with van der Waals surface area (Å²) in [4.78, 5) is 39.9. The number of para-hydroxylation sites is 1. The van der Waals surface area contributed by atoms with Crippen LogP contribution in [0.5, 0.6) is 5.75 Å². The fourth-order valence-electron chi connectivity index (χ4n) is 9.66. The van der Waals surface area contributed by atoms with Crippen molar-refractivity contribution in [3.63, 3.8) is 0 Å². The van der Waals surface area contributed by atoms with Crippen molar-refractivity contribution in [2.75, 3.05) is 44.2 Å². The number of nitrogens with zero attached hydrogens (tertiary/aromatic N) is 8. The van der Waals surface area contributed by atoms with Crippen LogP contribution in [0.1, 0.15) is 80.6 Å². The van der Waals surface area contributed by atoms with Crippen LogP contribution < -0.4 is 10.2 Å². The van der Waals surface area contributed by atoms with Crippen molar-refractivity contribution in [1.82, 2.24) is 40.0 Å². The first-order chi connectivity index (χ1) is 29.9. The number of phenolic OH excluding ortho intramolecular Hbond substituents is 1. The Morgan fingerprint density at radius 1 is 0.984 bits per heavy atom. The number of thiazole rings is 1. The number of carbonyl (C=O) groups is 2. The summed E-state index contributed by atoms with van der Waals surface area (Å²) in [5.41, 5.74) is 9.31. The van der Waals surface area contributed by atoms with Crippen molar-refractivity contribution in [2.45, 2.75) is 77.0 Å². The molecule has 2 aromatic carbocycles. The number of rotatable bonds is 12. The number of carbonyl (C=O) groups excluding carboxylic acids is 2. The summed E-state index contributed by atoms with van der Waals surface area (Å²) in [6.07, 6.45) is 1.44. The molecule has 4 atom stereocenters. The van der Waals surface area contributed by atoms with Crippen LogP contribution in [-0.2, 0) is 16.6 Å². The fraction of sp³-hybridized carbons (Fsp3) is 0.447. The predicted octanol–water partition coefficient (Wildman–Crippen LogP) is 6.66. The molecule has 0 bridgehead atoms. The zero-order valence-corrected chi connectivity index (χ0v) is 36.8. The van der Waals surface area contributed by atoms with E-state index in [0.717, 1.165) is 84.1 Å². The van der Waals surface area contributed by atoms with Gasteiger partial charge in [0.2, 0.25) is 11.8 Å². The van der Waals surface area contributed by atoms with Crippen molar-refractivity contribution in [3.05, 3.63) is 95.0 Å². The van der Waals surface area contributed by atoms with Crippen molar-refractivity contribution >= 4 is 40.0 Å². The lowest BCUT2D eigenvalue weighted by Crippen LogP contribution is -2.49. The third kappa shape index (κ3) is 8.20. The van der Waals surface area contributed by atoms with Crippen LogP contribution in [0.3, 0.4) is 0 Å². The van der Waals surface area contributed by atoms with E-state index >= 15 is 0 Å². The topological polar surface area (TPSA) is 166 Å². The Balaban J connectivity index is 0.778. The van der Waals surface area contributed by atoms with Crippen LogP contribution >= 0.6 is 11.3 Å². The molecule has 0 saturated carbocycles. The summed E-state index contributed by atoms with van der Waals surface area (Å²) in [6.45, 7) is 12.7. The zero-order chi connectivity index (χ0) is 43.2. The molecule has 0 radical (unpaired) electrons. The van der Waals surface area contributed by atoms with E-state index in [4.69, 9.17) is 4.52 Å². The molecule has 0 unspecified atom stereocenters. The van der Waals surface area contributed by atoms with E-state index < -0.39 is 18.1 Å². The molecule has 3 aliphatic rings. The highest BCUT2D eigenvalue weighted by Crippen LogP contribution is 2.37. The molecule has 15 heteroatoms. The van der Waals surface area contributed by atoms with Gasteiger partial charge in [0, 0.05) is 76.0 Å². The summed E-state index contributed by atoms with van der Waals surface area (Å²) >= 11 is 1.60. The summed E-state index contributed by atoms with van der Waals surface area (Å²) in [5.74, 6) is 1.09. The Morgan fingerprint density at radius 3 is 2.45 bits per heavy atom. The van der Waals surface area contributed by atoms with E-state index in [0.29, 0.717) is 28.9 Å². The summed E-state index contributed by atoms with van der Waals surface area (Å²) < 4.78 is 8.13. The molecule has 9 rings (SSSR count). The molecule has 7 heterocycles. The smallest absolute Gasteiger partial charge is 0.243 e. The van der Waals surface area contributed by atoms with Gasteiger partial charge < -0.3 is 39.3 Å². The maximum absolute atomic E-state index is 14.3. The number of β-amino-alcohol motifs (C(OH)–C–C–N with tert-alkyl or cyclic N) is 1. The van der Waals surface area contributed by atoms with E-state index in [2.05, 4.69) is 53.1 Å². The number of likely N-dealkylation sites (tertiary alicyclic amines) is 2. The average Bonchev–Trinajstić information content (AvgIpc) is 4.06. The molecule has 4 aromatic heterocycles. The first-order valence-corrected chi connectivity index (χ1v) is 22.6. The Hall–Kier alpha value is -5.64. The standard InChI is InChI=1S/C47H55N9O5S/c1-27(2)44(47(60)56-25-34(57)18-40(56)46(59)49-28(3)31-10-12-32(13-11-31)45-29(4)48-26-62-45)42-21-43(52-61-42)55-16-14-30(15-17-55)22-54-23-33(24-54)38-20-37-39(53(38)5)19-36(50-51-37)35-8-6-7-9-41(35)58/h6-13,19-21,26-28,30,33-34,40,44,57-58H,14-18,22-25H2,1-5H3,(H,49,59)/t28-,34+,40-,44+/m0/s1. The second-order valence-electron chi connectivity index (χ2n) is 17.8. The van der Waals surface area contributed by atoms with Gasteiger partial charge in [0.05, 0.1) is 39.4 Å². The monoisotopic (exact) mass is 857 g/mol. The number of aliphatic hydroxyl groups excluding tert-OH is 1. The van der Waals surface area contributed by atoms with E-state index in [9.17, 15) is 19.8 Å². The van der Waals surface area contributed by atoms with Crippen molar-refractivity contribution in [3.8, 4) is 27.4 Å². The maximum Gasteiger partial charge on any atom is 0.243 e. The number of piperidine rings is 1. The minimum Gasteiger partial charge on any atom is -0.507 e. The molecule has 62 heavy (non-hydrogen) atoms. The second-order valence-corrected chi connectivity index (χ2v) is 18.7. The maximum atomic E-state index is 14.3. The number of aromatic nitrogens is 5. The quantitative estimate of drug-likeness (QED) is 0.121. The second kappa shape index (κ2) is 17.3. The molecular formula is C47H55N9O5S. The van der Waals surface area contributed by atoms with Crippen molar-refractivity contribution in [2.24, 2.45) is 18.9 Å². The van der Waals surface area contributed by atoms with Crippen molar-refractivity contribution < 1.29 is 24.3 Å². The molecule has 3 N–H and O–H groups in total. The van der Waals surface area contributed by atoms with Gasteiger partial charge in [-0.15, -0.1) is 21.5 Å². The van der Waals surface area contributed by atoms with Crippen LogP contribution in [-0.4, -0.2) is 108 Å². The normalized spacial score (nSPS) is 19.9. The molecule has 0 spiro atoms. The van der Waals surface area contributed by atoms with Gasteiger partial charge >= 0.3 is 0 Å². The highest BCUT2D eigenvalue weighted by atomic mass is 32.1. The van der Waals surface area contributed by atoms with Crippen LogP contribution in [0, 0.1) is 18.8 Å². The molecule has 3 saturated heterocycles. The van der Waals surface area contributed by atoms with Gasteiger partial charge in [0.1, 0.15) is 23.2 Å². The van der Waals surface area contributed by atoms with Gasteiger partial charge in [-0.2, -0.15) is 0 Å². The van der Waals surface area contributed by atoms with Gasteiger partial charge in [0.15, 0.2) is 11.6 Å². The number of aryl methyl sites for hydroxylation is 2. The predicted molar refractivity (Wildman–Crippen MR) is 239 cm³/mol. The number of benzene rings is 2. The van der Waals surface area contributed by atoms with E-state index in [1.807, 2.05) is 81.7 Å². The lowest BCUT2D eigenvalue weighted by molar-refractivity contribution is -0.141. The minimum absolute atomic E-state index is 0.0854. The molecule has 3 aliphatic heterocycles. The number of nitrogens with one attached hydrogen (secondary N) is 1. The zero-order valence-electron chi connectivity index (χ0n) is 35.9. The Kier molecular flexibility index (Phi) is 11.6. The molecule has 0 aliphatic carbocycles. The van der Waals surface area contributed by atoms with Crippen LogP contribution in [0.25, 0.3) is 32.7 Å². The number of aromatic hydroxyl groups is 1. The highest BCUT2D eigenvalue weighted by Gasteiger charge is 2.44. The van der Waals surface area contributed by atoms with Crippen LogP contribution in [0.4, 0.5) is 5.82 Å². The number of hydrogen-bond donors (Lipinski definition) is 3. The van der Waals surface area contributed by atoms with Gasteiger partial charge in [-0.25, -0.2) is 4.98 Å². The van der Waals surface area contributed by atoms with Crippen LogP contribution in [0.2, 0.25) is 0 Å². The number of hydrogen-bond acceptors (Lipinski definition) is 12. The van der Waals surface area contributed by atoms with E-state index in [1.54, 1.807) is 23.5 Å². The molecule has 6 aromatic rings. The number of anilines is 1. The van der Waals surface area contributed by atoms with Gasteiger partial charge in [-0.05, 0) is 73.9 Å². The lowest BCUT2D eigenvalue weighted by Gasteiger charge is -2.43. The molecule has 324 valence electrons. The molecular weight excluding hydrogens is 803 g/mol. The number of amides is 2. The third-order valence-electron chi connectivity index (χ3n) is 13.2. The molecule has 2 amide bonds. The minimum atomic E-state index is -0.799. The Bertz CT molecular complexity index is 2550. The Morgan fingerprint density at radius 2 is 1.74 bits per heavy atom. The summed E-state index contributed by atoms with van der Waals surface area (Å²) in [7, 11) is 2.09. The number of aliphatic hydroxyl groups is 1. The van der Waals surface area contributed by atoms with Gasteiger partial charge in [0.25, 0.3) is 0 Å². The average molecular weight is 858 g/mol. The van der Waals surface area contributed by atoms with Gasteiger partial charge in [-0.1, -0.05) is 55.4 Å². The van der Waals surface area contributed by atoms with E-state index in [1.165, 1.54) is 10.6 Å². The van der Waals surface area contributed by atoms with Crippen molar-refractivity contribution in [1.29, 1.82) is 0 Å². The number of fused-ring (bicyclic) bond motifs is 1. The lowest BCUT2D eigenvalue weighted by atomic mass is 9.90. The largest absolute Gasteiger partial charge is 0.507 e. The van der Waals surface area contributed by atoms with Gasteiger partial charge in [-0.3, -0.25) is 9.59 Å². The SMILES string of the molecule is Cc1ncsc1-c1ccc([C@H](C)NC(=O)[C@@H]2C[C@@H](O)CN2C(=O)[C@@H](c2cc(N3CCC(CN4CC(c5cc6nnc(-c7ccccc7O)cc6n5C)C4)CC3)no2)C(C)C)cc1. The fourth-order valence-corrected chi connectivity index (χ4v) is 10.5. The summed E-state index contributed by atoms with van der Waals surface area (Å²) in [6, 6.07) is 20.3. The highest BCUT2D eigenvalue weighted by molar-refractivity contribution is 7.13. The summed E-state index contributed by atoms with van der Waals surface area (Å²) in [5, 5.41) is 37.5. The first-order valence-electron chi connectivity index (χ1n) is 21.8. The molecule has 3 fully saturated rings. The Labute approximate surface area is 365 Å². The number of phenols is 1. The van der Waals surface area contributed by atoms with Crippen LogP contribution in [0.15, 0.2) is 76.8 Å². The van der Waals surface area contributed by atoms with E-state index in [-0.39, 0.29) is 42.5 Å². The first kappa shape index (κ1) is 41.7. The third-order valence-corrected chi connectivity index (χ3v) is 14.2. The molecule has 14 nitrogen and oxygen atoms in total.